The van der Waals surface area contributed by atoms with Gasteiger partial charge in [-0.3, -0.25) is 0 Å². The molecular weight excluding hydrogens is 508 g/mol. The van der Waals surface area contributed by atoms with Gasteiger partial charge in [0, 0.05) is 32.5 Å². The first-order valence-corrected chi connectivity index (χ1v) is 18.0. The van der Waals surface area contributed by atoms with Crippen molar-refractivity contribution in [1.29, 1.82) is 0 Å². The zero-order valence-corrected chi connectivity index (χ0v) is 27.7. The second kappa shape index (κ2) is 15.7. The van der Waals surface area contributed by atoms with Gasteiger partial charge in [-0.2, -0.15) is 0 Å². The number of nitrogens with one attached hydrogen (secondary N) is 1. The fraction of sp³-hybridized carbons (Fsp3) is 1.00. The summed E-state index contributed by atoms with van der Waals surface area (Å²) in [5.41, 5.74) is 6.35. The second-order valence-electron chi connectivity index (χ2n) is 15.8. The molecule has 4 fully saturated rings. The Morgan fingerprint density at radius 2 is 1.49 bits per heavy atom. The van der Waals surface area contributed by atoms with Gasteiger partial charge in [-0.1, -0.05) is 53.9 Å². The zero-order valence-electron chi connectivity index (χ0n) is 27.7. The smallest absolute Gasteiger partial charge is 0.0577 e. The van der Waals surface area contributed by atoms with Crippen LogP contribution in [0.2, 0.25) is 0 Å². The number of aliphatic hydroxyl groups is 1. The van der Waals surface area contributed by atoms with Crippen LogP contribution < -0.4 is 11.1 Å². The maximum Gasteiger partial charge on any atom is 0.0577 e. The van der Waals surface area contributed by atoms with Crippen LogP contribution in [0.3, 0.4) is 0 Å². The van der Waals surface area contributed by atoms with E-state index in [2.05, 4.69) is 39.9 Å². The average molecular weight is 577 g/mol. The molecule has 4 saturated carbocycles. The van der Waals surface area contributed by atoms with Gasteiger partial charge in [-0.05, 0) is 136 Å². The Labute approximate surface area is 253 Å². The van der Waals surface area contributed by atoms with Crippen molar-refractivity contribution in [2.45, 2.75) is 137 Å². The average Bonchev–Trinajstić information content (AvgIpc) is 3.29. The summed E-state index contributed by atoms with van der Waals surface area (Å²) in [5.74, 6) is 5.17. The zero-order chi connectivity index (χ0) is 29.5. The highest BCUT2D eigenvalue weighted by Gasteiger charge is 2.62. The van der Waals surface area contributed by atoms with Crippen molar-refractivity contribution in [3.63, 3.8) is 0 Å². The number of aliphatic hydroxyl groups excluding tert-OH is 1. The molecule has 4 aliphatic rings. The summed E-state index contributed by atoms with van der Waals surface area (Å²) < 4.78 is 11.4. The van der Waals surface area contributed by atoms with E-state index in [-0.39, 0.29) is 6.10 Å². The number of hydrogen-bond acceptors (Lipinski definition) is 5. The van der Waals surface area contributed by atoms with Gasteiger partial charge in [0.25, 0.3) is 0 Å². The number of fused-ring (bicyclic) bond motifs is 5. The fourth-order valence-corrected chi connectivity index (χ4v) is 10.6. The summed E-state index contributed by atoms with van der Waals surface area (Å²) >= 11 is 0. The van der Waals surface area contributed by atoms with Crippen LogP contribution in [0.15, 0.2) is 0 Å². The predicted molar refractivity (Wildman–Crippen MR) is 171 cm³/mol. The second-order valence-corrected chi connectivity index (χ2v) is 15.8. The molecule has 4 rings (SSSR count). The van der Waals surface area contributed by atoms with Crippen LogP contribution in [0.4, 0.5) is 0 Å². The molecule has 0 radical (unpaired) electrons. The van der Waals surface area contributed by atoms with Gasteiger partial charge in [0.15, 0.2) is 0 Å². The summed E-state index contributed by atoms with van der Waals surface area (Å²) in [6.45, 7) is 17.4. The van der Waals surface area contributed by atoms with E-state index >= 15 is 0 Å². The van der Waals surface area contributed by atoms with E-state index in [1.165, 1.54) is 64.2 Å². The molecule has 0 bridgehead atoms. The van der Waals surface area contributed by atoms with Crippen LogP contribution in [-0.2, 0) is 9.47 Å². The SMILES string of the molecule is CC(C)CCC[C@@H](C)[C@H]1CCC2C3C(CC[C@@]21C)[C@@]1(C)CC[C@H](NCCCOCCCOCCCN)CC1C[C@@H]3O. The molecule has 0 aromatic heterocycles. The van der Waals surface area contributed by atoms with Gasteiger partial charge in [0.2, 0.25) is 0 Å². The summed E-state index contributed by atoms with van der Waals surface area (Å²) in [6, 6.07) is 0.601. The summed E-state index contributed by atoms with van der Waals surface area (Å²) in [4.78, 5) is 0. The molecule has 0 aromatic carbocycles. The van der Waals surface area contributed by atoms with E-state index in [0.29, 0.717) is 35.3 Å². The topological polar surface area (TPSA) is 76.7 Å². The molecule has 240 valence electrons. The number of ether oxygens (including phenoxy) is 2. The number of hydrogen-bond donors (Lipinski definition) is 3. The van der Waals surface area contributed by atoms with Crippen LogP contribution in [0.5, 0.6) is 0 Å². The summed E-state index contributed by atoms with van der Waals surface area (Å²) in [7, 11) is 0. The van der Waals surface area contributed by atoms with Crippen molar-refractivity contribution in [2.75, 3.05) is 39.5 Å². The first kappa shape index (κ1) is 33.7. The lowest BCUT2D eigenvalue weighted by molar-refractivity contribution is -0.167. The first-order chi connectivity index (χ1) is 19.7. The molecule has 0 saturated heterocycles. The number of nitrogens with two attached hydrogens (primary N) is 1. The molecule has 0 amide bonds. The Balaban J connectivity index is 1.22. The molecule has 0 aromatic rings. The van der Waals surface area contributed by atoms with E-state index in [9.17, 15) is 5.11 Å². The molecule has 0 heterocycles. The van der Waals surface area contributed by atoms with Crippen molar-refractivity contribution >= 4 is 0 Å². The lowest BCUT2D eigenvalue weighted by Crippen LogP contribution is -2.59. The highest BCUT2D eigenvalue weighted by molar-refractivity contribution is 5.12. The summed E-state index contributed by atoms with van der Waals surface area (Å²) in [6.07, 6.45) is 17.5. The third-order valence-corrected chi connectivity index (χ3v) is 12.9. The highest BCUT2D eigenvalue weighted by Crippen LogP contribution is 2.68. The maximum atomic E-state index is 11.8. The van der Waals surface area contributed by atoms with Gasteiger partial charge >= 0.3 is 0 Å². The van der Waals surface area contributed by atoms with Crippen LogP contribution in [-0.4, -0.2) is 56.8 Å². The fourth-order valence-electron chi connectivity index (χ4n) is 10.6. The van der Waals surface area contributed by atoms with E-state index in [1.54, 1.807) is 0 Å². The van der Waals surface area contributed by atoms with E-state index in [0.717, 1.165) is 88.2 Å². The van der Waals surface area contributed by atoms with Gasteiger partial charge in [-0.25, -0.2) is 0 Å². The lowest BCUT2D eigenvalue weighted by Gasteiger charge is -2.62. The van der Waals surface area contributed by atoms with Gasteiger partial charge in [0.1, 0.15) is 0 Å². The van der Waals surface area contributed by atoms with Gasteiger partial charge < -0.3 is 25.6 Å². The molecule has 10 atom stereocenters. The minimum atomic E-state index is -0.0934. The largest absolute Gasteiger partial charge is 0.393 e. The molecule has 5 nitrogen and oxygen atoms in total. The van der Waals surface area contributed by atoms with Gasteiger partial charge in [0.05, 0.1) is 6.10 Å². The van der Waals surface area contributed by atoms with Crippen LogP contribution in [0.1, 0.15) is 125 Å². The van der Waals surface area contributed by atoms with Crippen molar-refractivity contribution in [1.82, 2.24) is 5.32 Å². The van der Waals surface area contributed by atoms with Crippen molar-refractivity contribution in [3.05, 3.63) is 0 Å². The lowest BCUT2D eigenvalue weighted by atomic mass is 9.43. The first-order valence-electron chi connectivity index (χ1n) is 18.0. The van der Waals surface area contributed by atoms with Crippen LogP contribution in [0, 0.1) is 52.3 Å². The van der Waals surface area contributed by atoms with Crippen LogP contribution in [0.25, 0.3) is 0 Å². The van der Waals surface area contributed by atoms with E-state index in [1.807, 2.05) is 0 Å². The quantitative estimate of drug-likeness (QED) is 0.160. The standard InChI is InChI=1S/C36H68N2O3/c1-26(2)10-6-11-27(3)30-12-13-31-34-32(15-17-36(30,31)5)35(4)16-14-29(24-28(35)25-33(34)39)38-19-8-21-41-23-9-22-40-20-7-18-37/h26-34,38-39H,6-25,37H2,1-5H3/t27-,28?,29+,30-,31?,32?,33+,34?,35+,36-/m1/s1. The summed E-state index contributed by atoms with van der Waals surface area (Å²) in [5, 5.41) is 15.6. The van der Waals surface area contributed by atoms with Crippen LogP contribution >= 0.6 is 0 Å². The predicted octanol–water partition coefficient (Wildman–Crippen LogP) is 7.20. The minimum absolute atomic E-state index is 0.0934. The van der Waals surface area contributed by atoms with Gasteiger partial charge in [-0.15, -0.1) is 0 Å². The molecular formula is C36H68N2O3. The van der Waals surface area contributed by atoms with Crippen molar-refractivity contribution in [2.24, 2.45) is 58.0 Å². The molecule has 41 heavy (non-hydrogen) atoms. The van der Waals surface area contributed by atoms with Crippen molar-refractivity contribution in [3.8, 4) is 0 Å². The minimum Gasteiger partial charge on any atom is -0.393 e. The Hall–Kier alpha value is -0.200. The Morgan fingerprint density at radius 1 is 0.805 bits per heavy atom. The normalized spacial score (nSPS) is 39.4. The molecule has 4 N–H and O–H groups in total. The Bertz CT molecular complexity index is 763. The highest BCUT2D eigenvalue weighted by atomic mass is 16.5. The van der Waals surface area contributed by atoms with E-state index in [4.69, 9.17) is 15.2 Å². The molecule has 0 aliphatic heterocycles. The maximum absolute atomic E-state index is 11.8. The Morgan fingerprint density at radius 3 is 2.22 bits per heavy atom. The third kappa shape index (κ3) is 8.10. The van der Waals surface area contributed by atoms with Crippen molar-refractivity contribution < 1.29 is 14.6 Å². The molecule has 5 heteroatoms. The van der Waals surface area contributed by atoms with E-state index < -0.39 is 0 Å². The molecule has 4 aliphatic carbocycles. The monoisotopic (exact) mass is 577 g/mol. The molecule has 0 spiro atoms. The Kier molecular flexibility index (Phi) is 12.9. The molecule has 4 unspecified atom stereocenters. The number of rotatable bonds is 17. The third-order valence-electron chi connectivity index (χ3n) is 12.9.